The van der Waals surface area contributed by atoms with Gasteiger partial charge >= 0.3 is 6.18 Å². The number of nitriles is 1. The first-order valence-electron chi connectivity index (χ1n) is 14.0. The molecule has 2 aromatic carbocycles. The van der Waals surface area contributed by atoms with Crippen LogP contribution < -0.4 is 0 Å². The number of piperidine rings is 1. The van der Waals surface area contributed by atoms with Crippen molar-refractivity contribution in [3.05, 3.63) is 71.3 Å². The van der Waals surface area contributed by atoms with Crippen LogP contribution in [0.2, 0.25) is 0 Å². The molecule has 1 heterocycles. The Morgan fingerprint density at radius 2 is 1.51 bits per heavy atom. The summed E-state index contributed by atoms with van der Waals surface area (Å²) < 4.78 is 39.7. The van der Waals surface area contributed by atoms with Crippen LogP contribution in [-0.2, 0) is 11.0 Å². The average molecular weight is 540 g/mol. The third kappa shape index (κ3) is 5.44. The van der Waals surface area contributed by atoms with Crippen molar-refractivity contribution in [3.8, 4) is 6.07 Å². The number of likely N-dealkylation sites (tertiary alicyclic amines) is 1. The Bertz CT molecular complexity index is 1190. The van der Waals surface area contributed by atoms with Gasteiger partial charge in [0, 0.05) is 36.8 Å². The summed E-state index contributed by atoms with van der Waals surface area (Å²) in [5, 5.41) is 20.0. The van der Waals surface area contributed by atoms with E-state index in [0.717, 1.165) is 76.9 Å². The number of alkyl halides is 3. The highest BCUT2D eigenvalue weighted by atomic mass is 19.4. The molecule has 5 nitrogen and oxygen atoms in total. The predicted octanol–water partition coefficient (Wildman–Crippen LogP) is 5.93. The van der Waals surface area contributed by atoms with E-state index in [0.29, 0.717) is 11.6 Å². The summed E-state index contributed by atoms with van der Waals surface area (Å²) >= 11 is 0. The first-order chi connectivity index (χ1) is 18.6. The summed E-state index contributed by atoms with van der Waals surface area (Å²) in [4.78, 5) is 18.0. The van der Waals surface area contributed by atoms with Crippen molar-refractivity contribution in [2.24, 2.45) is 0 Å². The Morgan fingerprint density at radius 1 is 0.949 bits per heavy atom. The first-order valence-corrected chi connectivity index (χ1v) is 14.0. The van der Waals surface area contributed by atoms with E-state index < -0.39 is 17.2 Å². The minimum Gasteiger partial charge on any atom is -0.376 e. The van der Waals surface area contributed by atoms with Gasteiger partial charge in [0.2, 0.25) is 0 Å². The molecule has 1 unspecified atom stereocenters. The van der Waals surface area contributed by atoms with Crippen molar-refractivity contribution in [1.82, 2.24) is 9.80 Å². The molecule has 0 radical (unpaired) electrons. The number of amides is 1. The van der Waals surface area contributed by atoms with Crippen LogP contribution in [0.15, 0.2) is 54.6 Å². The van der Waals surface area contributed by atoms with Gasteiger partial charge in [0.05, 0.1) is 11.5 Å². The fourth-order valence-electron chi connectivity index (χ4n) is 6.44. The largest absolute Gasteiger partial charge is 0.421 e. The van der Waals surface area contributed by atoms with Gasteiger partial charge in [0.1, 0.15) is 0 Å². The molecule has 0 spiro atoms. The van der Waals surface area contributed by atoms with Crippen LogP contribution in [0.25, 0.3) is 0 Å². The summed E-state index contributed by atoms with van der Waals surface area (Å²) in [6.45, 7) is 2.51. The quantitative estimate of drug-likeness (QED) is 0.494. The lowest BCUT2D eigenvalue weighted by atomic mass is 9.69. The van der Waals surface area contributed by atoms with Crippen molar-refractivity contribution in [2.45, 2.75) is 93.6 Å². The number of rotatable bonds is 6. The number of benzene rings is 2. The van der Waals surface area contributed by atoms with Gasteiger partial charge in [-0.3, -0.25) is 4.79 Å². The summed E-state index contributed by atoms with van der Waals surface area (Å²) in [6.07, 6.45) is 2.48. The highest BCUT2D eigenvalue weighted by Gasteiger charge is 2.51. The molecule has 2 aliphatic carbocycles. The van der Waals surface area contributed by atoms with Crippen molar-refractivity contribution in [2.75, 3.05) is 13.1 Å². The van der Waals surface area contributed by atoms with E-state index in [1.807, 2.05) is 23.1 Å². The average Bonchev–Trinajstić information content (AvgIpc) is 3.79. The van der Waals surface area contributed by atoms with Gasteiger partial charge in [-0.1, -0.05) is 42.5 Å². The van der Waals surface area contributed by atoms with Crippen LogP contribution >= 0.6 is 0 Å². The first kappa shape index (κ1) is 27.7. The fourth-order valence-corrected chi connectivity index (χ4v) is 6.44. The molecule has 1 atom stereocenters. The number of nitrogens with zero attached hydrogens (tertiary/aromatic N) is 3. The highest BCUT2D eigenvalue weighted by Crippen LogP contribution is 2.42. The summed E-state index contributed by atoms with van der Waals surface area (Å²) in [5.41, 5.74) is -2.19. The Hall–Kier alpha value is -2.89. The summed E-state index contributed by atoms with van der Waals surface area (Å²) in [5.74, 6) is -0.145. The number of carbonyl (C=O) groups excluding carboxylic acids is 1. The zero-order valence-electron chi connectivity index (χ0n) is 22.3. The van der Waals surface area contributed by atoms with Crippen LogP contribution in [0.5, 0.6) is 0 Å². The lowest BCUT2D eigenvalue weighted by Crippen LogP contribution is -2.51. The Kier molecular flexibility index (Phi) is 7.51. The standard InChI is InChI=1S/C31H36F3N3O2/c1-29(39,31(32,33)34)23-9-7-22(8-10-23)28(38)37(26-11-12-26)27-15-19-36(20-16-27)25-13-17-30(21-35,18-14-25)24-5-3-2-4-6-24/h2-10,25-27,39H,11-20H2,1H3/t25-,29?,30-. The Labute approximate surface area is 228 Å². The van der Waals surface area contributed by atoms with Gasteiger partial charge in [-0.15, -0.1) is 0 Å². The molecule has 1 N–H and O–H groups in total. The normalized spacial score (nSPS) is 26.4. The SMILES string of the molecule is CC(O)(c1ccc(C(=O)N(C2CC2)C2CCN([C@H]3CC[C@](C#N)(c4ccccc4)CC3)CC2)cc1)C(F)(F)F. The van der Waals surface area contributed by atoms with Gasteiger partial charge in [0.15, 0.2) is 5.60 Å². The van der Waals surface area contributed by atoms with E-state index in [9.17, 15) is 28.3 Å². The van der Waals surface area contributed by atoms with Crippen LogP contribution in [-0.4, -0.2) is 58.2 Å². The van der Waals surface area contributed by atoms with Crippen molar-refractivity contribution in [1.29, 1.82) is 5.26 Å². The summed E-state index contributed by atoms with van der Waals surface area (Å²) in [6, 6.07) is 18.6. The third-order valence-corrected chi connectivity index (χ3v) is 9.18. The second-order valence-electron chi connectivity index (χ2n) is 11.6. The molecule has 5 rings (SSSR count). The van der Waals surface area contributed by atoms with E-state index in [4.69, 9.17) is 0 Å². The van der Waals surface area contributed by atoms with Crippen LogP contribution in [0.1, 0.15) is 79.8 Å². The zero-order chi connectivity index (χ0) is 27.8. The maximum atomic E-state index is 13.5. The fraction of sp³-hybridized carbons (Fsp3) is 0.548. The maximum absolute atomic E-state index is 13.5. The van der Waals surface area contributed by atoms with E-state index in [2.05, 4.69) is 23.1 Å². The van der Waals surface area contributed by atoms with Crippen molar-refractivity contribution < 1.29 is 23.1 Å². The van der Waals surface area contributed by atoms with Crippen LogP contribution in [0, 0.1) is 11.3 Å². The highest BCUT2D eigenvalue weighted by molar-refractivity contribution is 5.95. The number of aliphatic hydroxyl groups is 1. The number of hydrogen-bond donors (Lipinski definition) is 1. The lowest BCUT2D eigenvalue weighted by Gasteiger charge is -2.45. The molecule has 2 saturated carbocycles. The molecule has 3 fully saturated rings. The van der Waals surface area contributed by atoms with E-state index in [-0.39, 0.29) is 23.6 Å². The summed E-state index contributed by atoms with van der Waals surface area (Å²) in [7, 11) is 0. The zero-order valence-corrected chi connectivity index (χ0v) is 22.3. The second-order valence-corrected chi connectivity index (χ2v) is 11.6. The van der Waals surface area contributed by atoms with Gasteiger partial charge in [-0.25, -0.2) is 0 Å². The Morgan fingerprint density at radius 3 is 2.03 bits per heavy atom. The van der Waals surface area contributed by atoms with Crippen LogP contribution in [0.4, 0.5) is 13.2 Å². The molecule has 0 bridgehead atoms. The molecule has 8 heteroatoms. The smallest absolute Gasteiger partial charge is 0.376 e. The molecule has 0 aromatic heterocycles. The Balaban J connectivity index is 1.20. The monoisotopic (exact) mass is 539 g/mol. The predicted molar refractivity (Wildman–Crippen MR) is 142 cm³/mol. The third-order valence-electron chi connectivity index (χ3n) is 9.18. The van der Waals surface area contributed by atoms with E-state index >= 15 is 0 Å². The second kappa shape index (κ2) is 10.6. The number of halogens is 3. The van der Waals surface area contributed by atoms with Gasteiger partial charge in [-0.2, -0.15) is 18.4 Å². The molecule has 2 aromatic rings. The minimum absolute atomic E-state index is 0.102. The minimum atomic E-state index is -4.80. The molecule has 3 aliphatic rings. The molecule has 1 amide bonds. The topological polar surface area (TPSA) is 67.6 Å². The molecule has 39 heavy (non-hydrogen) atoms. The van der Waals surface area contributed by atoms with E-state index in [1.165, 1.54) is 24.3 Å². The lowest BCUT2D eigenvalue weighted by molar-refractivity contribution is -0.258. The molecule has 208 valence electrons. The van der Waals surface area contributed by atoms with E-state index in [1.54, 1.807) is 0 Å². The van der Waals surface area contributed by atoms with Gasteiger partial charge < -0.3 is 14.9 Å². The maximum Gasteiger partial charge on any atom is 0.421 e. The molecule has 1 saturated heterocycles. The molecular formula is C31H36F3N3O2. The molecule has 1 aliphatic heterocycles. The number of hydrogen-bond acceptors (Lipinski definition) is 4. The molecular weight excluding hydrogens is 503 g/mol. The number of carbonyl (C=O) groups is 1. The van der Waals surface area contributed by atoms with Gasteiger partial charge in [0.25, 0.3) is 5.91 Å². The van der Waals surface area contributed by atoms with Gasteiger partial charge in [-0.05, 0) is 81.5 Å². The van der Waals surface area contributed by atoms with Crippen LogP contribution in [0.3, 0.4) is 0 Å². The van der Waals surface area contributed by atoms with Crippen molar-refractivity contribution >= 4 is 5.91 Å². The van der Waals surface area contributed by atoms with Crippen molar-refractivity contribution in [3.63, 3.8) is 0 Å².